The van der Waals surface area contributed by atoms with Gasteiger partial charge in [-0.3, -0.25) is 9.69 Å². The summed E-state index contributed by atoms with van der Waals surface area (Å²) >= 11 is 6.30. The number of ether oxygens (including phenoxy) is 1. The Morgan fingerprint density at radius 3 is 2.86 bits per heavy atom. The van der Waals surface area contributed by atoms with E-state index in [0.29, 0.717) is 22.4 Å². The van der Waals surface area contributed by atoms with Crippen LogP contribution in [-0.2, 0) is 0 Å². The number of piperidine rings is 1. The number of rotatable bonds is 2. The number of piperazine rings is 1. The largest absolute Gasteiger partial charge is 0.495 e. The molecule has 0 aromatic heterocycles. The number of halogens is 1. The zero-order valence-electron chi connectivity index (χ0n) is 13.2. The van der Waals surface area contributed by atoms with Crippen LogP contribution in [0.1, 0.15) is 30.1 Å². The van der Waals surface area contributed by atoms with E-state index >= 15 is 0 Å². The van der Waals surface area contributed by atoms with Crippen molar-refractivity contribution in [2.24, 2.45) is 5.92 Å². The SMILES string of the molecule is COc1cccc(C(=O)N2CCN3C[C@H](C)CC[C@H]3C2)c1Cl. The summed E-state index contributed by atoms with van der Waals surface area (Å²) < 4.78 is 5.21. The van der Waals surface area contributed by atoms with Gasteiger partial charge in [0.2, 0.25) is 0 Å². The van der Waals surface area contributed by atoms with Crippen molar-refractivity contribution in [1.82, 2.24) is 9.80 Å². The van der Waals surface area contributed by atoms with E-state index in [1.54, 1.807) is 19.2 Å². The predicted molar refractivity (Wildman–Crippen MR) is 87.7 cm³/mol. The summed E-state index contributed by atoms with van der Waals surface area (Å²) in [4.78, 5) is 17.3. The third-order valence-corrected chi connectivity index (χ3v) is 5.23. The Labute approximate surface area is 137 Å². The van der Waals surface area contributed by atoms with Gasteiger partial charge in [0, 0.05) is 32.2 Å². The molecular weight excluding hydrogens is 300 g/mol. The Balaban J connectivity index is 1.74. The van der Waals surface area contributed by atoms with Gasteiger partial charge in [0.25, 0.3) is 5.91 Å². The van der Waals surface area contributed by atoms with Crippen LogP contribution in [0, 0.1) is 5.92 Å². The Morgan fingerprint density at radius 2 is 2.09 bits per heavy atom. The van der Waals surface area contributed by atoms with Crippen molar-refractivity contribution in [1.29, 1.82) is 0 Å². The molecule has 22 heavy (non-hydrogen) atoms. The van der Waals surface area contributed by atoms with Gasteiger partial charge < -0.3 is 9.64 Å². The van der Waals surface area contributed by atoms with Crippen LogP contribution in [0.25, 0.3) is 0 Å². The van der Waals surface area contributed by atoms with Crippen molar-refractivity contribution < 1.29 is 9.53 Å². The molecule has 2 fully saturated rings. The topological polar surface area (TPSA) is 32.8 Å². The maximum absolute atomic E-state index is 12.8. The first-order valence-electron chi connectivity index (χ1n) is 7.96. The Bertz CT molecular complexity index is 564. The second-order valence-electron chi connectivity index (χ2n) is 6.40. The average Bonchev–Trinajstić information content (AvgIpc) is 2.54. The standard InChI is InChI=1S/C17H23ClN2O2/c1-12-6-7-13-11-20(9-8-19(13)10-12)17(21)14-4-3-5-15(22-2)16(14)18/h3-5,12-13H,6-11H2,1-2H3/t12-,13+/m1/s1. The van der Waals surface area contributed by atoms with Gasteiger partial charge in [-0.15, -0.1) is 0 Å². The molecule has 2 atom stereocenters. The molecule has 5 heteroatoms. The van der Waals surface area contributed by atoms with E-state index < -0.39 is 0 Å². The third-order valence-electron chi connectivity index (χ3n) is 4.84. The molecule has 0 aliphatic carbocycles. The number of carbonyl (C=O) groups excluding carboxylic acids is 1. The van der Waals surface area contributed by atoms with Crippen molar-refractivity contribution >= 4 is 17.5 Å². The van der Waals surface area contributed by atoms with Gasteiger partial charge in [0.1, 0.15) is 5.75 Å². The first-order chi connectivity index (χ1) is 10.6. The Morgan fingerprint density at radius 1 is 1.27 bits per heavy atom. The van der Waals surface area contributed by atoms with Gasteiger partial charge in [-0.1, -0.05) is 24.6 Å². The number of nitrogens with zero attached hydrogens (tertiary/aromatic N) is 2. The van der Waals surface area contributed by atoms with E-state index in [1.165, 1.54) is 12.8 Å². The van der Waals surface area contributed by atoms with E-state index in [2.05, 4.69) is 11.8 Å². The number of hydrogen-bond donors (Lipinski definition) is 0. The van der Waals surface area contributed by atoms with Crippen LogP contribution in [0.15, 0.2) is 18.2 Å². The summed E-state index contributed by atoms with van der Waals surface area (Å²) in [6.07, 6.45) is 2.43. The van der Waals surface area contributed by atoms with Gasteiger partial charge >= 0.3 is 0 Å². The normalized spacial score (nSPS) is 25.7. The van der Waals surface area contributed by atoms with Gasteiger partial charge in [-0.05, 0) is 30.9 Å². The highest BCUT2D eigenvalue weighted by atomic mass is 35.5. The molecule has 2 heterocycles. The van der Waals surface area contributed by atoms with E-state index in [9.17, 15) is 4.79 Å². The quantitative estimate of drug-likeness (QED) is 0.839. The molecule has 0 saturated carbocycles. The molecule has 1 amide bonds. The molecule has 0 spiro atoms. The lowest BCUT2D eigenvalue weighted by molar-refractivity contribution is 0.0269. The number of methoxy groups -OCH3 is 1. The molecule has 1 aromatic carbocycles. The fraction of sp³-hybridized carbons (Fsp3) is 0.588. The summed E-state index contributed by atoms with van der Waals surface area (Å²) in [5.41, 5.74) is 0.540. The van der Waals surface area contributed by atoms with Gasteiger partial charge in [-0.25, -0.2) is 0 Å². The van der Waals surface area contributed by atoms with Crippen molar-refractivity contribution in [3.63, 3.8) is 0 Å². The van der Waals surface area contributed by atoms with Crippen molar-refractivity contribution in [2.75, 3.05) is 33.3 Å². The number of hydrogen-bond acceptors (Lipinski definition) is 3. The zero-order chi connectivity index (χ0) is 15.7. The van der Waals surface area contributed by atoms with E-state index in [4.69, 9.17) is 16.3 Å². The molecule has 4 nitrogen and oxygen atoms in total. The number of amides is 1. The molecular formula is C17H23ClN2O2. The van der Waals surface area contributed by atoms with Crippen LogP contribution in [0.2, 0.25) is 5.02 Å². The molecule has 0 bridgehead atoms. The third kappa shape index (κ3) is 2.95. The molecule has 2 saturated heterocycles. The van der Waals surface area contributed by atoms with Crippen LogP contribution in [-0.4, -0.2) is 55.0 Å². The highest BCUT2D eigenvalue weighted by Gasteiger charge is 2.33. The summed E-state index contributed by atoms with van der Waals surface area (Å²) in [5.74, 6) is 1.34. The van der Waals surface area contributed by atoms with E-state index in [0.717, 1.165) is 32.1 Å². The summed E-state index contributed by atoms with van der Waals surface area (Å²) in [6.45, 7) is 6.01. The minimum Gasteiger partial charge on any atom is -0.495 e. The summed E-state index contributed by atoms with van der Waals surface area (Å²) in [7, 11) is 1.57. The number of carbonyl (C=O) groups is 1. The predicted octanol–water partition coefficient (Wildman–Crippen LogP) is 2.90. The molecule has 0 N–H and O–H groups in total. The Kier molecular flexibility index (Phi) is 4.59. The smallest absolute Gasteiger partial charge is 0.255 e. The minimum absolute atomic E-state index is 0.0159. The minimum atomic E-state index is 0.0159. The second kappa shape index (κ2) is 6.47. The maximum Gasteiger partial charge on any atom is 0.255 e. The van der Waals surface area contributed by atoms with Crippen LogP contribution < -0.4 is 4.74 Å². The zero-order valence-corrected chi connectivity index (χ0v) is 14.0. The van der Waals surface area contributed by atoms with Crippen LogP contribution in [0.4, 0.5) is 0 Å². The van der Waals surface area contributed by atoms with E-state index in [1.807, 2.05) is 11.0 Å². The Hall–Kier alpha value is -1.26. The maximum atomic E-state index is 12.8. The molecule has 2 aliphatic heterocycles. The monoisotopic (exact) mass is 322 g/mol. The molecule has 3 rings (SSSR count). The van der Waals surface area contributed by atoms with Crippen molar-refractivity contribution in [2.45, 2.75) is 25.8 Å². The first kappa shape index (κ1) is 15.6. The lowest BCUT2D eigenvalue weighted by Crippen LogP contribution is -2.57. The molecule has 0 radical (unpaired) electrons. The number of benzene rings is 1. The van der Waals surface area contributed by atoms with Crippen LogP contribution in [0.3, 0.4) is 0 Å². The van der Waals surface area contributed by atoms with Gasteiger partial charge in [0.15, 0.2) is 0 Å². The van der Waals surface area contributed by atoms with Crippen LogP contribution >= 0.6 is 11.6 Å². The highest BCUT2D eigenvalue weighted by Crippen LogP contribution is 2.30. The molecule has 1 aromatic rings. The van der Waals surface area contributed by atoms with E-state index in [-0.39, 0.29) is 5.91 Å². The fourth-order valence-electron chi connectivity index (χ4n) is 3.56. The van der Waals surface area contributed by atoms with Gasteiger partial charge in [0.05, 0.1) is 17.7 Å². The van der Waals surface area contributed by atoms with Crippen molar-refractivity contribution in [3.8, 4) is 5.75 Å². The highest BCUT2D eigenvalue weighted by molar-refractivity contribution is 6.35. The van der Waals surface area contributed by atoms with Crippen LogP contribution in [0.5, 0.6) is 5.75 Å². The lowest BCUT2D eigenvalue weighted by atomic mass is 9.92. The van der Waals surface area contributed by atoms with Gasteiger partial charge in [-0.2, -0.15) is 0 Å². The molecule has 120 valence electrons. The summed E-state index contributed by atoms with van der Waals surface area (Å²) in [5, 5.41) is 0.412. The average molecular weight is 323 g/mol. The second-order valence-corrected chi connectivity index (χ2v) is 6.78. The lowest BCUT2D eigenvalue weighted by Gasteiger charge is -2.45. The van der Waals surface area contributed by atoms with Crippen molar-refractivity contribution in [3.05, 3.63) is 28.8 Å². The molecule has 2 aliphatic rings. The number of fused-ring (bicyclic) bond motifs is 1. The first-order valence-corrected chi connectivity index (χ1v) is 8.33. The fourth-order valence-corrected chi connectivity index (χ4v) is 3.85. The molecule has 0 unspecified atom stereocenters. The summed E-state index contributed by atoms with van der Waals surface area (Å²) in [6, 6.07) is 5.87.